The Hall–Kier alpha value is -5.31. The number of nitrogens with zero attached hydrogens (tertiary/aromatic N) is 4. The number of nitrogens with one attached hydrogen (secondary N) is 2. The van der Waals surface area contributed by atoms with Gasteiger partial charge in [0, 0.05) is 46.6 Å². The van der Waals surface area contributed by atoms with Crippen molar-refractivity contribution in [1.82, 2.24) is 25.7 Å². The number of amides is 4. The van der Waals surface area contributed by atoms with Crippen LogP contribution in [0.3, 0.4) is 0 Å². The number of imide groups is 1. The molecule has 2 unspecified atom stereocenters. The smallest absolute Gasteiger partial charge is 0.422 e. The summed E-state index contributed by atoms with van der Waals surface area (Å²) in [5.41, 5.74) is 8.88. The van der Waals surface area contributed by atoms with Crippen LogP contribution in [0.2, 0.25) is 0 Å². The van der Waals surface area contributed by atoms with Crippen molar-refractivity contribution in [1.29, 1.82) is 0 Å². The summed E-state index contributed by atoms with van der Waals surface area (Å²) in [6.45, 7) is 5.86. The quantitative estimate of drug-likeness (QED) is 0.123. The summed E-state index contributed by atoms with van der Waals surface area (Å²) in [6.07, 6.45) is 3.84. The minimum atomic E-state index is -1.26. The van der Waals surface area contributed by atoms with Gasteiger partial charge in [-0.15, -0.1) is 0 Å². The van der Waals surface area contributed by atoms with Crippen molar-refractivity contribution in [3.8, 4) is 23.1 Å². The number of aliphatic hydroxyl groups excluding tert-OH is 1. The largest absolute Gasteiger partial charge is 0.443 e. The van der Waals surface area contributed by atoms with Crippen LogP contribution in [0.15, 0.2) is 73.1 Å². The highest BCUT2D eigenvalue weighted by atomic mass is 16.6. The predicted molar refractivity (Wildman–Crippen MR) is 172 cm³/mol. The highest BCUT2D eigenvalue weighted by Crippen LogP contribution is 2.31. The van der Waals surface area contributed by atoms with E-state index in [-0.39, 0.29) is 18.0 Å². The van der Waals surface area contributed by atoms with Crippen LogP contribution in [0, 0.1) is 11.8 Å². The number of hydrogen-bond acceptors (Lipinski definition) is 8. The molecule has 2 aromatic heterocycles. The van der Waals surface area contributed by atoms with Crippen LogP contribution in [-0.2, 0) is 9.53 Å². The normalized spacial score (nSPS) is 16.9. The van der Waals surface area contributed by atoms with Crippen molar-refractivity contribution in [3.63, 3.8) is 0 Å². The number of hydrogen-bond donors (Lipinski definition) is 3. The molecule has 0 saturated carbocycles. The minimum absolute atomic E-state index is 0.156. The van der Waals surface area contributed by atoms with E-state index in [1.807, 2.05) is 24.3 Å². The molecule has 6 rings (SSSR count). The van der Waals surface area contributed by atoms with E-state index in [0.29, 0.717) is 40.8 Å². The zero-order chi connectivity index (χ0) is 32.4. The lowest BCUT2D eigenvalue weighted by Gasteiger charge is -2.25. The first-order valence-electron chi connectivity index (χ1n) is 15.1. The van der Waals surface area contributed by atoms with Gasteiger partial charge in [0.25, 0.3) is 5.91 Å². The average Bonchev–Trinajstić information content (AvgIpc) is 3.31. The van der Waals surface area contributed by atoms with Gasteiger partial charge in [0.05, 0.1) is 16.9 Å². The fourth-order valence-corrected chi connectivity index (χ4v) is 5.57. The molecule has 11 nitrogen and oxygen atoms in total. The van der Waals surface area contributed by atoms with Gasteiger partial charge in [-0.05, 0) is 88.6 Å². The third-order valence-corrected chi connectivity index (χ3v) is 7.75. The Kier molecular flexibility index (Phi) is 8.41. The first-order valence-corrected chi connectivity index (χ1v) is 15.1. The number of hydrazine groups is 1. The number of ether oxygens (including phenoxy) is 1. The maximum Gasteiger partial charge on any atom is 0.422 e. The van der Waals surface area contributed by atoms with E-state index >= 15 is 0 Å². The minimum Gasteiger partial charge on any atom is -0.443 e. The van der Waals surface area contributed by atoms with E-state index in [9.17, 15) is 19.5 Å². The van der Waals surface area contributed by atoms with Crippen LogP contribution in [0.4, 0.5) is 15.3 Å². The van der Waals surface area contributed by atoms with Crippen LogP contribution < -0.4 is 15.8 Å². The molecule has 46 heavy (non-hydrogen) atoms. The van der Waals surface area contributed by atoms with Crippen LogP contribution in [-0.4, -0.2) is 56.2 Å². The molecule has 0 radical (unpaired) electrons. The van der Waals surface area contributed by atoms with Gasteiger partial charge in [0.15, 0.2) is 0 Å². The molecule has 2 aromatic carbocycles. The zero-order valence-corrected chi connectivity index (χ0v) is 25.8. The summed E-state index contributed by atoms with van der Waals surface area (Å²) >= 11 is 0. The fraction of sp³-hybridized carbons (Fsp3) is 0.286. The van der Waals surface area contributed by atoms with Crippen molar-refractivity contribution in [2.24, 2.45) is 0 Å². The van der Waals surface area contributed by atoms with Crippen LogP contribution >= 0.6 is 0 Å². The molecule has 4 aromatic rings. The molecule has 11 heteroatoms. The molecule has 0 bridgehead atoms. The third-order valence-electron chi connectivity index (χ3n) is 7.75. The number of urea groups is 1. The molecule has 2 fully saturated rings. The maximum atomic E-state index is 12.9. The van der Waals surface area contributed by atoms with Gasteiger partial charge in [0.1, 0.15) is 17.9 Å². The lowest BCUT2D eigenvalue weighted by Crippen LogP contribution is -2.43. The Bertz CT molecular complexity index is 1830. The van der Waals surface area contributed by atoms with Crippen molar-refractivity contribution >= 4 is 34.6 Å². The number of carbonyl (C=O) groups excluding carboxylic acids is 3. The Morgan fingerprint density at radius 2 is 1.72 bits per heavy atom. The lowest BCUT2D eigenvalue weighted by atomic mass is 10.0. The number of aliphatic hydroxyl groups is 1. The van der Waals surface area contributed by atoms with Crippen molar-refractivity contribution in [3.05, 3.63) is 89.7 Å². The van der Waals surface area contributed by atoms with Crippen LogP contribution in [0.1, 0.15) is 63.0 Å². The molecule has 4 heterocycles. The molecule has 2 saturated heterocycles. The van der Waals surface area contributed by atoms with E-state index in [0.717, 1.165) is 29.5 Å². The summed E-state index contributed by atoms with van der Waals surface area (Å²) in [6, 6.07) is 17.6. The van der Waals surface area contributed by atoms with Gasteiger partial charge >= 0.3 is 12.1 Å². The SMILES string of the molecule is CC(C)(C)OC(=O)NNC(O)c1cc(-c2ccc(C#Cc3ccc(N4C(=O)C5CCCCN5C4=O)cc3)cc2)nc2ccncc12. The molecular weight excluding hydrogens is 584 g/mol. The second kappa shape index (κ2) is 12.6. The lowest BCUT2D eigenvalue weighted by molar-refractivity contribution is -0.120. The Balaban J connectivity index is 1.16. The second-order valence-corrected chi connectivity index (χ2v) is 12.2. The number of anilines is 1. The van der Waals surface area contributed by atoms with E-state index < -0.39 is 17.9 Å². The second-order valence-electron chi connectivity index (χ2n) is 12.2. The molecule has 0 spiro atoms. The molecule has 2 aliphatic rings. The Labute approximate surface area is 266 Å². The number of carbonyl (C=O) groups is 3. The van der Waals surface area contributed by atoms with E-state index in [2.05, 4.69) is 27.7 Å². The number of pyridine rings is 2. The van der Waals surface area contributed by atoms with Gasteiger partial charge in [0.2, 0.25) is 0 Å². The highest BCUT2D eigenvalue weighted by Gasteiger charge is 2.46. The number of rotatable bonds is 5. The van der Waals surface area contributed by atoms with Gasteiger partial charge < -0.3 is 14.7 Å². The molecule has 0 aliphatic carbocycles. The van der Waals surface area contributed by atoms with Crippen molar-refractivity contribution in [2.75, 3.05) is 11.4 Å². The van der Waals surface area contributed by atoms with Gasteiger partial charge in [-0.2, -0.15) is 5.43 Å². The van der Waals surface area contributed by atoms with Gasteiger partial charge in [-0.1, -0.05) is 24.0 Å². The molecule has 2 aliphatic heterocycles. The first-order chi connectivity index (χ1) is 22.1. The number of benzene rings is 2. The first kappa shape index (κ1) is 30.7. The topological polar surface area (TPSA) is 137 Å². The third kappa shape index (κ3) is 6.54. The van der Waals surface area contributed by atoms with Crippen LogP contribution in [0.25, 0.3) is 22.2 Å². The Morgan fingerprint density at radius 1 is 1.02 bits per heavy atom. The van der Waals surface area contributed by atoms with Gasteiger partial charge in [-0.25, -0.2) is 19.5 Å². The van der Waals surface area contributed by atoms with Crippen molar-refractivity contribution in [2.45, 2.75) is 57.9 Å². The fourth-order valence-electron chi connectivity index (χ4n) is 5.57. The zero-order valence-electron chi connectivity index (χ0n) is 25.8. The monoisotopic (exact) mass is 618 g/mol. The number of fused-ring (bicyclic) bond motifs is 2. The summed E-state index contributed by atoms with van der Waals surface area (Å²) in [7, 11) is 0. The number of piperidine rings is 1. The predicted octanol–water partition coefficient (Wildman–Crippen LogP) is 5.04. The molecule has 3 N–H and O–H groups in total. The highest BCUT2D eigenvalue weighted by molar-refractivity contribution is 6.21. The van der Waals surface area contributed by atoms with Crippen LogP contribution in [0.5, 0.6) is 0 Å². The average molecular weight is 619 g/mol. The molecule has 4 amide bonds. The number of aromatic nitrogens is 2. The van der Waals surface area contributed by atoms with E-state index in [1.54, 1.807) is 74.5 Å². The summed E-state index contributed by atoms with van der Waals surface area (Å²) in [4.78, 5) is 49.7. The van der Waals surface area contributed by atoms with E-state index in [1.165, 1.54) is 4.90 Å². The summed E-state index contributed by atoms with van der Waals surface area (Å²) in [5, 5.41) is 11.5. The molecule has 234 valence electrons. The summed E-state index contributed by atoms with van der Waals surface area (Å²) in [5.74, 6) is 6.14. The van der Waals surface area contributed by atoms with Gasteiger partial charge in [-0.3, -0.25) is 15.2 Å². The maximum absolute atomic E-state index is 12.9. The molecule has 2 atom stereocenters. The molecular formula is C35H34N6O5. The standard InChI is InChI=1S/C35H34N6O5/c1-35(2,3)46-33(44)39-38-31(42)26-20-29(37-28-17-18-36-21-27(26)28)24-13-9-22(10-14-24)7-8-23-11-15-25(16-12-23)41-32(43)30-6-4-5-19-40(30)34(41)45/h9-18,20-21,30-31,38,42H,4-6,19H2,1-3H3,(H,39,44). The van der Waals surface area contributed by atoms with Crippen molar-refractivity contribution < 1.29 is 24.2 Å². The summed E-state index contributed by atoms with van der Waals surface area (Å²) < 4.78 is 5.23. The Morgan fingerprint density at radius 3 is 2.39 bits per heavy atom. The van der Waals surface area contributed by atoms with E-state index in [4.69, 9.17) is 9.72 Å².